The van der Waals surface area contributed by atoms with Gasteiger partial charge in [-0.1, -0.05) is 51.2 Å². The van der Waals surface area contributed by atoms with Gasteiger partial charge in [-0.25, -0.2) is 9.59 Å². The van der Waals surface area contributed by atoms with Crippen LogP contribution in [0.25, 0.3) is 0 Å². The van der Waals surface area contributed by atoms with Gasteiger partial charge in [0.05, 0.1) is 11.1 Å². The van der Waals surface area contributed by atoms with Gasteiger partial charge in [0.25, 0.3) is 5.24 Å². The van der Waals surface area contributed by atoms with Crippen LogP contribution in [0.4, 0.5) is 0 Å². The molecule has 0 heterocycles. The first-order valence-corrected chi connectivity index (χ1v) is 12.3. The average Bonchev–Trinajstić information content (AvgIpc) is 2.87. The number of esters is 2. The molecule has 0 radical (unpaired) electrons. The van der Waals surface area contributed by atoms with Gasteiger partial charge in [0.15, 0.2) is 0 Å². The van der Waals surface area contributed by atoms with E-state index in [0.717, 1.165) is 12.8 Å². The van der Waals surface area contributed by atoms with Gasteiger partial charge >= 0.3 is 11.9 Å². The van der Waals surface area contributed by atoms with Crippen molar-refractivity contribution in [3.8, 4) is 11.5 Å². The Bertz CT molecular complexity index is 1120. The van der Waals surface area contributed by atoms with E-state index >= 15 is 0 Å². The van der Waals surface area contributed by atoms with Crippen LogP contribution in [0, 0.1) is 0 Å². The van der Waals surface area contributed by atoms with Crippen molar-refractivity contribution in [2.24, 2.45) is 0 Å². The first-order valence-electron chi connectivity index (χ1n) is 11.9. The molecule has 0 aliphatic carbocycles. The molecule has 0 spiro atoms. The summed E-state index contributed by atoms with van der Waals surface area (Å²) >= 11 is 5.41. The normalized spacial score (nSPS) is 10.6. The minimum atomic E-state index is -0.586. The van der Waals surface area contributed by atoms with Crippen molar-refractivity contribution in [2.75, 3.05) is 0 Å². The molecule has 0 unspecified atom stereocenters. The molecule has 0 aromatic heterocycles. The van der Waals surface area contributed by atoms with Crippen LogP contribution in [0.3, 0.4) is 0 Å². The van der Waals surface area contributed by atoms with Crippen LogP contribution in [0.1, 0.15) is 82.1 Å². The molecule has 0 bridgehead atoms. The molecule has 0 amide bonds. The summed E-state index contributed by atoms with van der Waals surface area (Å²) in [6.07, 6.45) is 8.53. The summed E-state index contributed by atoms with van der Waals surface area (Å²) in [7, 11) is 0. The second kappa shape index (κ2) is 13.4. The van der Waals surface area contributed by atoms with Gasteiger partial charge in [0, 0.05) is 5.56 Å². The topological polar surface area (TPSA) is 69.7 Å². The summed E-state index contributed by atoms with van der Waals surface area (Å²) in [6.45, 7) is 2.22. The highest BCUT2D eigenvalue weighted by Gasteiger charge is 2.12. The van der Waals surface area contributed by atoms with Crippen molar-refractivity contribution >= 4 is 28.8 Å². The maximum atomic E-state index is 12.5. The fourth-order valence-corrected chi connectivity index (χ4v) is 3.69. The van der Waals surface area contributed by atoms with Gasteiger partial charge < -0.3 is 9.47 Å². The van der Waals surface area contributed by atoms with Gasteiger partial charge in [0.2, 0.25) is 0 Å². The van der Waals surface area contributed by atoms with E-state index in [9.17, 15) is 14.4 Å². The Kier molecular flexibility index (Phi) is 10.1. The number of hydrogen-bond acceptors (Lipinski definition) is 5. The van der Waals surface area contributed by atoms with E-state index in [1.807, 2.05) is 12.1 Å². The van der Waals surface area contributed by atoms with Gasteiger partial charge in [-0.05, 0) is 90.7 Å². The van der Waals surface area contributed by atoms with Crippen molar-refractivity contribution in [2.45, 2.75) is 51.9 Å². The van der Waals surface area contributed by atoms with E-state index in [1.165, 1.54) is 86.2 Å². The highest BCUT2D eigenvalue weighted by molar-refractivity contribution is 6.67. The van der Waals surface area contributed by atoms with Crippen LogP contribution in [-0.2, 0) is 6.42 Å². The molecular formula is C29H29ClO5. The third kappa shape index (κ3) is 8.37. The fraction of sp³-hybridized carbons (Fsp3) is 0.276. The minimum absolute atomic E-state index is 0.284. The number of unbranched alkanes of at least 4 members (excludes halogenated alkanes) is 5. The summed E-state index contributed by atoms with van der Waals surface area (Å²) < 4.78 is 10.7. The van der Waals surface area contributed by atoms with Gasteiger partial charge in [-0.15, -0.1) is 0 Å². The smallest absolute Gasteiger partial charge is 0.343 e. The Balaban J connectivity index is 1.48. The predicted molar refractivity (Wildman–Crippen MR) is 137 cm³/mol. The third-order valence-electron chi connectivity index (χ3n) is 5.60. The number of carbonyl (C=O) groups excluding carboxylic acids is 3. The van der Waals surface area contributed by atoms with Crippen LogP contribution in [0.5, 0.6) is 11.5 Å². The largest absolute Gasteiger partial charge is 0.423 e. The van der Waals surface area contributed by atoms with Crippen molar-refractivity contribution in [3.63, 3.8) is 0 Å². The van der Waals surface area contributed by atoms with E-state index < -0.39 is 17.2 Å². The van der Waals surface area contributed by atoms with E-state index in [-0.39, 0.29) is 5.75 Å². The molecule has 3 aromatic rings. The van der Waals surface area contributed by atoms with Crippen molar-refractivity contribution in [3.05, 3.63) is 95.1 Å². The number of ether oxygens (including phenoxy) is 2. The van der Waals surface area contributed by atoms with Crippen LogP contribution >= 0.6 is 11.6 Å². The molecule has 0 aliphatic heterocycles. The van der Waals surface area contributed by atoms with E-state index in [4.69, 9.17) is 21.1 Å². The van der Waals surface area contributed by atoms with Gasteiger partial charge in [0.1, 0.15) is 11.5 Å². The molecule has 3 aromatic carbocycles. The molecule has 5 nitrogen and oxygen atoms in total. The number of rotatable bonds is 12. The lowest BCUT2D eigenvalue weighted by Gasteiger charge is -2.07. The number of carbonyl (C=O) groups is 3. The lowest BCUT2D eigenvalue weighted by atomic mass is 10.0. The zero-order valence-corrected chi connectivity index (χ0v) is 20.6. The molecule has 35 heavy (non-hydrogen) atoms. The second-order valence-electron chi connectivity index (χ2n) is 8.32. The molecule has 0 saturated carbocycles. The summed E-state index contributed by atoms with van der Waals surface area (Å²) in [5.41, 5.74) is 2.29. The Morgan fingerprint density at radius 2 is 1.03 bits per heavy atom. The highest BCUT2D eigenvalue weighted by Crippen LogP contribution is 2.19. The number of halogens is 1. The zero-order chi connectivity index (χ0) is 25.0. The van der Waals surface area contributed by atoms with Crippen molar-refractivity contribution in [1.82, 2.24) is 0 Å². The molecule has 0 fully saturated rings. The molecule has 6 heteroatoms. The van der Waals surface area contributed by atoms with Crippen LogP contribution in [-0.4, -0.2) is 17.2 Å². The lowest BCUT2D eigenvalue weighted by Crippen LogP contribution is -2.10. The van der Waals surface area contributed by atoms with Crippen LogP contribution in [0.2, 0.25) is 0 Å². The minimum Gasteiger partial charge on any atom is -0.423 e. The number of aryl methyl sites for hydroxylation is 1. The predicted octanol–water partition coefficient (Wildman–Crippen LogP) is 7.41. The first kappa shape index (κ1) is 26.2. The van der Waals surface area contributed by atoms with Crippen LogP contribution in [0.15, 0.2) is 72.8 Å². The summed E-state index contributed by atoms with van der Waals surface area (Å²) in [6, 6.07) is 19.5. The van der Waals surface area contributed by atoms with Crippen molar-refractivity contribution < 1.29 is 23.9 Å². The summed E-state index contributed by atoms with van der Waals surface area (Å²) in [5, 5.41) is -0.586. The molecule has 0 N–H and O–H groups in total. The summed E-state index contributed by atoms with van der Waals surface area (Å²) in [4.78, 5) is 35.9. The Labute approximate surface area is 211 Å². The maximum absolute atomic E-state index is 12.5. The highest BCUT2D eigenvalue weighted by atomic mass is 35.5. The standard InChI is InChI=1S/C29H29ClO5/c1-2-3-4-5-6-7-8-21-9-11-23(12-10-21)28(32)35-26-19-15-24(16-20-26)29(33)34-25-17-13-22(14-18-25)27(30)31/h9-20H,2-8H2,1H3. The van der Waals surface area contributed by atoms with E-state index in [0.29, 0.717) is 22.4 Å². The molecule has 0 saturated heterocycles. The third-order valence-corrected chi connectivity index (χ3v) is 5.82. The fourth-order valence-electron chi connectivity index (χ4n) is 3.56. The monoisotopic (exact) mass is 492 g/mol. The molecule has 0 atom stereocenters. The Morgan fingerprint density at radius 3 is 1.51 bits per heavy atom. The number of hydrogen-bond donors (Lipinski definition) is 0. The lowest BCUT2D eigenvalue weighted by molar-refractivity contribution is 0.0730. The van der Waals surface area contributed by atoms with Crippen LogP contribution < -0.4 is 9.47 Å². The Hall–Kier alpha value is -3.44. The number of benzene rings is 3. The SMILES string of the molecule is CCCCCCCCc1ccc(C(=O)Oc2ccc(C(=O)Oc3ccc(C(=O)Cl)cc3)cc2)cc1. The summed E-state index contributed by atoms with van der Waals surface area (Å²) in [5.74, 6) is -0.422. The molecule has 182 valence electrons. The van der Waals surface area contributed by atoms with Crippen molar-refractivity contribution in [1.29, 1.82) is 0 Å². The first-order chi connectivity index (χ1) is 17.0. The Morgan fingerprint density at radius 1 is 0.600 bits per heavy atom. The molecule has 3 rings (SSSR count). The zero-order valence-electron chi connectivity index (χ0n) is 19.8. The van der Waals surface area contributed by atoms with E-state index in [2.05, 4.69) is 6.92 Å². The van der Waals surface area contributed by atoms with Gasteiger partial charge in [-0.2, -0.15) is 0 Å². The average molecular weight is 493 g/mol. The van der Waals surface area contributed by atoms with E-state index in [1.54, 1.807) is 12.1 Å². The second-order valence-corrected chi connectivity index (χ2v) is 8.66. The van der Waals surface area contributed by atoms with Gasteiger partial charge in [-0.3, -0.25) is 4.79 Å². The molecular weight excluding hydrogens is 464 g/mol. The quantitative estimate of drug-likeness (QED) is 0.114. The maximum Gasteiger partial charge on any atom is 0.343 e. The molecule has 0 aliphatic rings.